The summed E-state index contributed by atoms with van der Waals surface area (Å²) in [5.74, 6) is 0.848. The second kappa shape index (κ2) is 11.2. The van der Waals surface area contributed by atoms with Gasteiger partial charge in [-0.1, -0.05) is 27.2 Å². The molecule has 1 rings (SSSR count). The molecular weight excluding hydrogens is 288 g/mol. The Hall–Kier alpha value is -1.42. The van der Waals surface area contributed by atoms with Gasteiger partial charge in [-0.2, -0.15) is 0 Å². The normalized spacial score (nSPS) is 13.2. The minimum atomic E-state index is -0.144. The quantitative estimate of drug-likeness (QED) is 0.771. The summed E-state index contributed by atoms with van der Waals surface area (Å²) in [5, 5.41) is 0. The van der Waals surface area contributed by atoms with E-state index in [0.29, 0.717) is 11.1 Å². The van der Waals surface area contributed by atoms with Crippen LogP contribution in [0.25, 0.3) is 0 Å². The zero-order valence-electron chi connectivity index (χ0n) is 15.9. The van der Waals surface area contributed by atoms with E-state index in [9.17, 15) is 9.59 Å². The van der Waals surface area contributed by atoms with E-state index in [1.165, 1.54) is 38.9 Å². The number of hydrogen-bond acceptors (Lipinski definition) is 3. The van der Waals surface area contributed by atoms with Gasteiger partial charge in [-0.3, -0.25) is 9.59 Å². The average molecular weight is 322 g/mol. The molecule has 0 fully saturated rings. The largest absolute Gasteiger partial charge is 0.328 e. The van der Waals surface area contributed by atoms with E-state index in [1.54, 1.807) is 13.0 Å². The van der Waals surface area contributed by atoms with Crippen molar-refractivity contribution in [3.8, 4) is 0 Å². The molecule has 0 amide bonds. The number of H-pyrrole nitrogens is 1. The Bertz CT molecular complexity index is 522. The molecule has 1 aromatic rings. The lowest BCUT2D eigenvalue weighted by Crippen LogP contribution is -2.30. The van der Waals surface area contributed by atoms with Crippen molar-refractivity contribution in [2.45, 2.75) is 66.8 Å². The number of aromatic nitrogens is 1. The van der Waals surface area contributed by atoms with E-state index in [-0.39, 0.29) is 11.3 Å². The molecule has 0 aliphatic carbocycles. The van der Waals surface area contributed by atoms with Crippen molar-refractivity contribution >= 4 is 5.78 Å². The Morgan fingerprint density at radius 2 is 1.87 bits per heavy atom. The Labute approximate surface area is 141 Å². The van der Waals surface area contributed by atoms with Crippen LogP contribution in [0, 0.1) is 12.8 Å². The highest BCUT2D eigenvalue weighted by Crippen LogP contribution is 2.09. The standard InChI is InChI=1S/C11H25N.C8H9NO2/c1-6-10(3)8-9-12(5)11(4)7-2;1-5-3-7(6(2)10)4-9-8(5)11/h10-11H,6-9H2,1-5H3;3-4H,1-2H3,(H,9,11). The summed E-state index contributed by atoms with van der Waals surface area (Å²) in [6.45, 7) is 13.6. The van der Waals surface area contributed by atoms with Crippen LogP contribution in [0.2, 0.25) is 0 Å². The Balaban J connectivity index is 0.000000422. The zero-order chi connectivity index (χ0) is 18.0. The molecule has 2 atom stereocenters. The van der Waals surface area contributed by atoms with E-state index in [0.717, 1.165) is 12.0 Å². The average Bonchev–Trinajstić information content (AvgIpc) is 2.54. The molecule has 0 aliphatic rings. The number of Topliss-reactive ketones (excluding diaryl/α,β-unsaturated/α-hetero) is 1. The predicted molar refractivity (Wildman–Crippen MR) is 98.3 cm³/mol. The minimum absolute atomic E-state index is 0.0376. The first-order valence-corrected chi connectivity index (χ1v) is 8.63. The van der Waals surface area contributed by atoms with Crippen LogP contribution in [0.3, 0.4) is 0 Å². The molecule has 2 unspecified atom stereocenters. The van der Waals surface area contributed by atoms with E-state index in [4.69, 9.17) is 0 Å². The molecule has 23 heavy (non-hydrogen) atoms. The van der Waals surface area contributed by atoms with Crippen molar-refractivity contribution < 1.29 is 4.79 Å². The molecule has 0 aromatic carbocycles. The third-order valence-electron chi connectivity index (χ3n) is 4.51. The molecular formula is C19H34N2O2. The van der Waals surface area contributed by atoms with Crippen molar-refractivity contribution in [3.63, 3.8) is 0 Å². The molecule has 1 aromatic heterocycles. The van der Waals surface area contributed by atoms with Crippen molar-refractivity contribution in [3.05, 3.63) is 33.7 Å². The van der Waals surface area contributed by atoms with Gasteiger partial charge in [0.1, 0.15) is 0 Å². The number of hydrogen-bond donors (Lipinski definition) is 1. The first-order valence-electron chi connectivity index (χ1n) is 8.63. The minimum Gasteiger partial charge on any atom is -0.328 e. The van der Waals surface area contributed by atoms with Crippen molar-refractivity contribution in [2.24, 2.45) is 5.92 Å². The van der Waals surface area contributed by atoms with Crippen LogP contribution in [0.1, 0.15) is 69.8 Å². The third-order valence-corrected chi connectivity index (χ3v) is 4.51. The number of aryl methyl sites for hydroxylation is 1. The van der Waals surface area contributed by atoms with Gasteiger partial charge >= 0.3 is 0 Å². The SMILES string of the molecule is CC(=O)c1c[nH]c(=O)c(C)c1.CCC(C)CCN(C)C(C)CC. The van der Waals surface area contributed by atoms with E-state index >= 15 is 0 Å². The predicted octanol–water partition coefficient (Wildman–Crippen LogP) is 4.04. The molecule has 1 N–H and O–H groups in total. The topological polar surface area (TPSA) is 53.2 Å². The van der Waals surface area contributed by atoms with Gasteiger partial charge in [0.05, 0.1) is 0 Å². The fraction of sp³-hybridized carbons (Fsp3) is 0.684. The van der Waals surface area contributed by atoms with Gasteiger partial charge in [-0.25, -0.2) is 0 Å². The summed E-state index contributed by atoms with van der Waals surface area (Å²) >= 11 is 0. The summed E-state index contributed by atoms with van der Waals surface area (Å²) in [6.07, 6.45) is 5.35. The van der Waals surface area contributed by atoms with Crippen LogP contribution in [-0.4, -0.2) is 35.3 Å². The second-order valence-electron chi connectivity index (χ2n) is 6.50. The van der Waals surface area contributed by atoms with Crippen LogP contribution < -0.4 is 5.56 Å². The van der Waals surface area contributed by atoms with Crippen LogP contribution in [0.15, 0.2) is 17.1 Å². The van der Waals surface area contributed by atoms with E-state index in [1.807, 2.05) is 0 Å². The molecule has 0 radical (unpaired) electrons. The van der Waals surface area contributed by atoms with Gasteiger partial charge < -0.3 is 9.88 Å². The number of aromatic amines is 1. The summed E-state index contributed by atoms with van der Waals surface area (Å²) in [7, 11) is 2.23. The van der Waals surface area contributed by atoms with Crippen molar-refractivity contribution in [1.82, 2.24) is 9.88 Å². The number of carbonyl (C=O) groups excluding carboxylic acids is 1. The highest BCUT2D eigenvalue weighted by atomic mass is 16.1. The Morgan fingerprint density at radius 3 is 2.30 bits per heavy atom. The first-order chi connectivity index (χ1) is 10.7. The molecule has 4 heteroatoms. The summed E-state index contributed by atoms with van der Waals surface area (Å²) in [5.41, 5.74) is 0.967. The molecule has 1 heterocycles. The molecule has 132 valence electrons. The van der Waals surface area contributed by atoms with Crippen LogP contribution in [0.5, 0.6) is 0 Å². The number of nitrogens with zero attached hydrogens (tertiary/aromatic N) is 1. The third kappa shape index (κ3) is 8.70. The number of nitrogens with one attached hydrogen (secondary N) is 1. The Kier molecular flexibility index (Phi) is 10.5. The highest BCUT2D eigenvalue weighted by Gasteiger charge is 2.07. The molecule has 0 saturated heterocycles. The van der Waals surface area contributed by atoms with Gasteiger partial charge in [0.15, 0.2) is 5.78 Å². The van der Waals surface area contributed by atoms with Crippen LogP contribution in [-0.2, 0) is 0 Å². The lowest BCUT2D eigenvalue weighted by atomic mass is 10.0. The zero-order valence-corrected chi connectivity index (χ0v) is 15.9. The lowest BCUT2D eigenvalue weighted by molar-refractivity contribution is 0.101. The maximum atomic E-state index is 10.8. The smallest absolute Gasteiger partial charge is 0.250 e. The molecule has 4 nitrogen and oxygen atoms in total. The summed E-state index contributed by atoms with van der Waals surface area (Å²) in [4.78, 5) is 26.6. The molecule has 0 saturated carbocycles. The first kappa shape index (κ1) is 21.6. The van der Waals surface area contributed by atoms with E-state index < -0.39 is 0 Å². The Morgan fingerprint density at radius 1 is 1.26 bits per heavy atom. The van der Waals surface area contributed by atoms with Gasteiger partial charge in [-0.05, 0) is 59.2 Å². The second-order valence-corrected chi connectivity index (χ2v) is 6.50. The number of pyridine rings is 1. The summed E-state index contributed by atoms with van der Waals surface area (Å²) < 4.78 is 0. The lowest BCUT2D eigenvalue weighted by Gasteiger charge is -2.24. The van der Waals surface area contributed by atoms with E-state index in [2.05, 4.69) is 44.6 Å². The fourth-order valence-electron chi connectivity index (χ4n) is 1.96. The molecule has 0 spiro atoms. The highest BCUT2D eigenvalue weighted by molar-refractivity contribution is 5.93. The van der Waals surface area contributed by atoms with Crippen LogP contribution >= 0.6 is 0 Å². The maximum absolute atomic E-state index is 10.8. The van der Waals surface area contributed by atoms with Crippen LogP contribution in [0.4, 0.5) is 0 Å². The molecule has 0 aliphatic heterocycles. The van der Waals surface area contributed by atoms with Gasteiger partial charge in [0.25, 0.3) is 5.56 Å². The number of rotatable bonds is 7. The van der Waals surface area contributed by atoms with Gasteiger partial charge in [0, 0.05) is 23.4 Å². The number of ketones is 1. The van der Waals surface area contributed by atoms with Crippen molar-refractivity contribution in [2.75, 3.05) is 13.6 Å². The fourth-order valence-corrected chi connectivity index (χ4v) is 1.96. The maximum Gasteiger partial charge on any atom is 0.250 e. The summed E-state index contributed by atoms with van der Waals surface area (Å²) in [6, 6.07) is 2.33. The number of carbonyl (C=O) groups is 1. The molecule has 0 bridgehead atoms. The van der Waals surface area contributed by atoms with Gasteiger partial charge in [-0.15, -0.1) is 0 Å². The monoisotopic (exact) mass is 322 g/mol. The van der Waals surface area contributed by atoms with Gasteiger partial charge in [0.2, 0.25) is 0 Å². The van der Waals surface area contributed by atoms with Crippen molar-refractivity contribution in [1.29, 1.82) is 0 Å².